The summed E-state index contributed by atoms with van der Waals surface area (Å²) in [5, 5.41) is 4.71. The van der Waals surface area contributed by atoms with Crippen LogP contribution in [0, 0.1) is 0 Å². The fourth-order valence-corrected chi connectivity index (χ4v) is 4.06. The van der Waals surface area contributed by atoms with Gasteiger partial charge in [-0.1, -0.05) is 11.8 Å². The van der Waals surface area contributed by atoms with Crippen molar-refractivity contribution in [2.75, 3.05) is 25.0 Å². The number of rotatable bonds is 7. The molecule has 0 heterocycles. The number of nitrogens with zero attached hydrogens (tertiary/aromatic N) is 1. The molecule has 7 heteroatoms. The van der Waals surface area contributed by atoms with Gasteiger partial charge in [-0.05, 0) is 55.0 Å². The molecule has 0 aliphatic heterocycles. The molecule has 0 atom stereocenters. The highest BCUT2D eigenvalue weighted by atomic mass is 32.2. The van der Waals surface area contributed by atoms with E-state index in [2.05, 4.69) is 22.7 Å². The summed E-state index contributed by atoms with van der Waals surface area (Å²) in [7, 11) is 1.62. The second-order valence-electron chi connectivity index (χ2n) is 4.93. The lowest BCUT2D eigenvalue weighted by molar-refractivity contribution is -0.110. The number of nitrogens with one attached hydrogen (secondary N) is 1. The van der Waals surface area contributed by atoms with Crippen molar-refractivity contribution in [1.82, 2.24) is 0 Å². The van der Waals surface area contributed by atoms with Crippen LogP contribution in [0.15, 0.2) is 62.3 Å². The fraction of sp³-hybridized carbons (Fsp3) is 0.222. The predicted molar refractivity (Wildman–Crippen MR) is 111 cm³/mol. The molecule has 132 valence electrons. The Morgan fingerprint density at radius 1 is 1.04 bits per heavy atom. The monoisotopic (exact) mass is 392 g/mol. The first-order chi connectivity index (χ1) is 12.1. The molecule has 0 aliphatic rings. The van der Waals surface area contributed by atoms with Gasteiger partial charge in [0.1, 0.15) is 5.75 Å². The number of hydrogen-bond donors (Lipinski definition) is 1. The lowest BCUT2D eigenvalue weighted by atomic mass is 10.3. The van der Waals surface area contributed by atoms with Crippen LogP contribution in [0.2, 0.25) is 0 Å². The van der Waals surface area contributed by atoms with Crippen molar-refractivity contribution >= 4 is 51.8 Å². The molecule has 0 aromatic heterocycles. The van der Waals surface area contributed by atoms with E-state index >= 15 is 0 Å². The number of ether oxygens (including phenoxy) is 1. The van der Waals surface area contributed by atoms with Gasteiger partial charge in [-0.3, -0.25) is 10.2 Å². The van der Waals surface area contributed by atoms with Crippen LogP contribution in [0.3, 0.4) is 0 Å². The molecule has 2 rings (SSSR count). The number of carbonyl (C=O) groups is 1. The molecule has 0 bridgehead atoms. The SMILES string of the molecule is COc1ccc(NN=C(Sc2ccc(SC)cc2SC)C(C)=O)cc1. The van der Waals surface area contributed by atoms with Gasteiger partial charge >= 0.3 is 0 Å². The molecule has 0 aliphatic carbocycles. The summed E-state index contributed by atoms with van der Waals surface area (Å²) in [6.07, 6.45) is 4.08. The molecular formula is C18H20N2O2S3. The van der Waals surface area contributed by atoms with Crippen LogP contribution in [0.5, 0.6) is 5.75 Å². The highest BCUT2D eigenvalue weighted by Crippen LogP contribution is 2.33. The summed E-state index contributed by atoms with van der Waals surface area (Å²) < 4.78 is 5.13. The van der Waals surface area contributed by atoms with E-state index in [1.807, 2.05) is 42.8 Å². The van der Waals surface area contributed by atoms with Crippen molar-refractivity contribution in [3.05, 3.63) is 42.5 Å². The van der Waals surface area contributed by atoms with Crippen LogP contribution in [0.4, 0.5) is 5.69 Å². The second kappa shape index (κ2) is 9.79. The van der Waals surface area contributed by atoms with E-state index in [0.717, 1.165) is 21.2 Å². The Balaban J connectivity index is 2.18. The van der Waals surface area contributed by atoms with E-state index in [4.69, 9.17) is 4.74 Å². The number of Topliss-reactive ketones (excluding diaryl/α,β-unsaturated/α-hetero) is 1. The van der Waals surface area contributed by atoms with Gasteiger partial charge in [0.2, 0.25) is 0 Å². The van der Waals surface area contributed by atoms with E-state index in [1.165, 1.54) is 23.6 Å². The van der Waals surface area contributed by atoms with Gasteiger partial charge in [-0.15, -0.1) is 23.5 Å². The van der Waals surface area contributed by atoms with E-state index in [9.17, 15) is 4.79 Å². The van der Waals surface area contributed by atoms with Crippen molar-refractivity contribution in [2.24, 2.45) is 5.10 Å². The van der Waals surface area contributed by atoms with E-state index in [1.54, 1.807) is 30.6 Å². The Morgan fingerprint density at radius 3 is 2.32 bits per heavy atom. The highest BCUT2D eigenvalue weighted by Gasteiger charge is 2.12. The number of anilines is 1. The third-order valence-corrected chi connectivity index (χ3v) is 6.04. The molecule has 1 N–H and O–H groups in total. The summed E-state index contributed by atoms with van der Waals surface area (Å²) in [5.74, 6) is 0.696. The predicted octanol–water partition coefficient (Wildman–Crippen LogP) is 5.25. The zero-order chi connectivity index (χ0) is 18.2. The van der Waals surface area contributed by atoms with Crippen molar-refractivity contribution < 1.29 is 9.53 Å². The summed E-state index contributed by atoms with van der Waals surface area (Å²) in [5.41, 5.74) is 3.73. The molecule has 0 spiro atoms. The van der Waals surface area contributed by atoms with Gasteiger partial charge in [0.25, 0.3) is 0 Å². The summed E-state index contributed by atoms with van der Waals surface area (Å²) >= 11 is 4.74. The Morgan fingerprint density at radius 2 is 1.76 bits per heavy atom. The maximum atomic E-state index is 12.0. The van der Waals surface area contributed by atoms with Gasteiger partial charge in [-0.25, -0.2) is 0 Å². The zero-order valence-electron chi connectivity index (χ0n) is 14.5. The third kappa shape index (κ3) is 5.73. The maximum Gasteiger partial charge on any atom is 0.186 e. The van der Waals surface area contributed by atoms with E-state index in [-0.39, 0.29) is 5.78 Å². The number of carbonyl (C=O) groups excluding carboxylic acids is 1. The van der Waals surface area contributed by atoms with Crippen molar-refractivity contribution in [1.29, 1.82) is 0 Å². The quantitative estimate of drug-likeness (QED) is 0.301. The van der Waals surface area contributed by atoms with Crippen molar-refractivity contribution in [3.63, 3.8) is 0 Å². The average molecular weight is 393 g/mol. The van der Waals surface area contributed by atoms with Crippen LogP contribution in [-0.2, 0) is 4.79 Å². The number of methoxy groups -OCH3 is 1. The Bertz CT molecular complexity index is 761. The number of ketones is 1. The highest BCUT2D eigenvalue weighted by molar-refractivity contribution is 8.16. The molecule has 0 radical (unpaired) electrons. The lowest BCUT2D eigenvalue weighted by Gasteiger charge is -2.10. The summed E-state index contributed by atoms with van der Waals surface area (Å²) in [6.45, 7) is 1.52. The van der Waals surface area contributed by atoms with Crippen molar-refractivity contribution in [2.45, 2.75) is 21.6 Å². The normalized spacial score (nSPS) is 11.3. The first-order valence-corrected chi connectivity index (χ1v) is 10.7. The molecule has 4 nitrogen and oxygen atoms in total. The first kappa shape index (κ1) is 19.8. The Kier molecular flexibility index (Phi) is 7.74. The molecule has 0 saturated heterocycles. The van der Waals surface area contributed by atoms with Crippen LogP contribution in [-0.4, -0.2) is 30.4 Å². The summed E-state index contributed by atoms with van der Waals surface area (Å²) in [4.78, 5) is 15.3. The first-order valence-electron chi connectivity index (χ1n) is 7.46. The van der Waals surface area contributed by atoms with Gasteiger partial charge in [-0.2, -0.15) is 5.10 Å². The third-order valence-electron chi connectivity index (χ3n) is 3.26. The van der Waals surface area contributed by atoms with E-state index < -0.39 is 0 Å². The van der Waals surface area contributed by atoms with Gasteiger partial charge in [0, 0.05) is 21.6 Å². The molecule has 0 saturated carbocycles. The number of hydrazone groups is 1. The molecule has 25 heavy (non-hydrogen) atoms. The van der Waals surface area contributed by atoms with E-state index in [0.29, 0.717) is 5.04 Å². The maximum absolute atomic E-state index is 12.0. The topological polar surface area (TPSA) is 50.7 Å². The standard InChI is InChI=1S/C18H20N2O2S3/c1-12(21)18(20-19-13-5-7-14(22-2)8-6-13)25-16-10-9-15(23-3)11-17(16)24-4/h5-11,19H,1-4H3. The molecule has 0 fully saturated rings. The Labute approximate surface area is 161 Å². The van der Waals surface area contributed by atoms with Gasteiger partial charge < -0.3 is 4.74 Å². The molecule has 0 unspecified atom stereocenters. The van der Waals surface area contributed by atoms with Gasteiger partial charge in [0.05, 0.1) is 12.8 Å². The minimum Gasteiger partial charge on any atom is -0.497 e. The molecule has 2 aromatic rings. The van der Waals surface area contributed by atoms with Crippen LogP contribution in [0.1, 0.15) is 6.92 Å². The number of benzene rings is 2. The Hall–Kier alpha value is -1.57. The second-order valence-corrected chi connectivity index (χ2v) is 7.69. The smallest absolute Gasteiger partial charge is 0.186 e. The number of hydrogen-bond acceptors (Lipinski definition) is 7. The molecule has 2 aromatic carbocycles. The zero-order valence-corrected chi connectivity index (χ0v) is 17.0. The average Bonchev–Trinajstić information content (AvgIpc) is 2.65. The fourth-order valence-electron chi connectivity index (χ4n) is 1.92. The molecular weight excluding hydrogens is 372 g/mol. The van der Waals surface area contributed by atoms with Crippen LogP contribution in [0.25, 0.3) is 0 Å². The minimum absolute atomic E-state index is 0.0768. The number of thioether (sulfide) groups is 3. The minimum atomic E-state index is -0.0768. The van der Waals surface area contributed by atoms with Crippen LogP contribution < -0.4 is 10.2 Å². The van der Waals surface area contributed by atoms with Crippen LogP contribution >= 0.6 is 35.3 Å². The largest absolute Gasteiger partial charge is 0.497 e. The van der Waals surface area contributed by atoms with Gasteiger partial charge in [0.15, 0.2) is 10.8 Å². The lowest BCUT2D eigenvalue weighted by Crippen LogP contribution is -2.08. The van der Waals surface area contributed by atoms with Crippen molar-refractivity contribution in [3.8, 4) is 5.75 Å². The summed E-state index contributed by atoms with van der Waals surface area (Å²) in [6, 6.07) is 13.6. The molecule has 0 amide bonds.